The maximum absolute atomic E-state index is 5.18. The Morgan fingerprint density at radius 1 is 0.562 bits per heavy atom. The van der Waals surface area contributed by atoms with Crippen molar-refractivity contribution in [3.63, 3.8) is 0 Å². The first-order chi connectivity index (χ1) is 14.9. The second-order valence-corrected chi connectivity index (χ2v) is 9.57. The molecule has 0 bridgehead atoms. The quantitative estimate of drug-likeness (QED) is 0.182. The third kappa shape index (κ3) is 17.0. The number of allylic oxidation sites excluding steroid dienone is 11. The number of unbranched alkanes of at least 4 members (excludes halogenated alkanes) is 1. The van der Waals surface area contributed by atoms with Crippen molar-refractivity contribution < 1.29 is 4.74 Å². The topological polar surface area (TPSA) is 9.23 Å². The van der Waals surface area contributed by atoms with Crippen LogP contribution in [0.15, 0.2) is 69.9 Å². The molecule has 0 amide bonds. The smallest absolute Gasteiger partial charge is 0.0703 e. The Morgan fingerprint density at radius 2 is 0.938 bits per heavy atom. The lowest BCUT2D eigenvalue weighted by atomic mass is 10.0. The summed E-state index contributed by atoms with van der Waals surface area (Å²) in [7, 11) is 0. The predicted molar refractivity (Wildman–Crippen MR) is 146 cm³/mol. The summed E-state index contributed by atoms with van der Waals surface area (Å²) in [5.41, 5.74) is 8.99. The maximum atomic E-state index is 5.18. The van der Waals surface area contributed by atoms with E-state index in [9.17, 15) is 0 Å². The van der Waals surface area contributed by atoms with Gasteiger partial charge in [-0.1, -0.05) is 71.7 Å². The summed E-state index contributed by atoms with van der Waals surface area (Å²) in [6.07, 6.45) is 26.2. The molecule has 0 saturated carbocycles. The molecule has 0 aromatic rings. The summed E-state index contributed by atoms with van der Waals surface area (Å²) < 4.78 is 5.18. The summed E-state index contributed by atoms with van der Waals surface area (Å²) in [5, 5.41) is 0. The van der Waals surface area contributed by atoms with E-state index in [2.05, 4.69) is 78.0 Å². The van der Waals surface area contributed by atoms with Crippen molar-refractivity contribution in [2.45, 2.75) is 113 Å². The molecule has 1 heterocycles. The molecule has 1 aliphatic heterocycles. The van der Waals surface area contributed by atoms with Crippen molar-refractivity contribution in [2.75, 3.05) is 13.2 Å². The summed E-state index contributed by atoms with van der Waals surface area (Å²) >= 11 is 0. The molecule has 0 aromatic carbocycles. The Kier molecular flexibility index (Phi) is 18.0. The van der Waals surface area contributed by atoms with E-state index in [4.69, 9.17) is 4.74 Å². The number of hydrogen-bond acceptors (Lipinski definition) is 1. The molecule has 0 aliphatic carbocycles. The fraction of sp³-hybridized carbons (Fsp3) is 0.613. The fourth-order valence-corrected chi connectivity index (χ4v) is 3.59. The number of ether oxygens (including phenoxy) is 1. The van der Waals surface area contributed by atoms with Gasteiger partial charge in [0.25, 0.3) is 0 Å². The molecule has 1 heteroatoms. The summed E-state index contributed by atoms with van der Waals surface area (Å²) in [4.78, 5) is 0. The summed E-state index contributed by atoms with van der Waals surface area (Å²) in [6.45, 7) is 15.2. The lowest BCUT2D eigenvalue weighted by molar-refractivity contribution is 0.102. The van der Waals surface area contributed by atoms with Gasteiger partial charge in [0.15, 0.2) is 0 Å². The van der Waals surface area contributed by atoms with E-state index in [1.807, 2.05) is 0 Å². The normalized spacial score (nSPS) is 15.2. The van der Waals surface area contributed by atoms with Gasteiger partial charge < -0.3 is 4.74 Å². The van der Waals surface area contributed by atoms with Gasteiger partial charge in [-0.2, -0.15) is 0 Å². The van der Waals surface area contributed by atoms with E-state index >= 15 is 0 Å². The van der Waals surface area contributed by atoms with Crippen LogP contribution >= 0.6 is 0 Å². The van der Waals surface area contributed by atoms with E-state index in [1.54, 1.807) is 0 Å². The van der Waals surface area contributed by atoms with Crippen molar-refractivity contribution >= 4 is 0 Å². The highest BCUT2D eigenvalue weighted by molar-refractivity contribution is 5.11. The molecule has 1 aliphatic rings. The second kappa shape index (κ2) is 18.9. The Balaban J connectivity index is 0.00000961. The van der Waals surface area contributed by atoms with Gasteiger partial charge in [-0.05, 0) is 111 Å². The molecule has 0 aromatic heterocycles. The fourth-order valence-electron chi connectivity index (χ4n) is 3.59. The van der Waals surface area contributed by atoms with Crippen molar-refractivity contribution in [2.24, 2.45) is 0 Å². The summed E-state index contributed by atoms with van der Waals surface area (Å²) in [5.74, 6) is 0. The average Bonchev–Trinajstić information content (AvgIpc) is 2.67. The van der Waals surface area contributed by atoms with E-state index < -0.39 is 0 Å². The van der Waals surface area contributed by atoms with Gasteiger partial charge >= 0.3 is 0 Å². The van der Waals surface area contributed by atoms with Gasteiger partial charge in [-0.3, -0.25) is 0 Å². The third-order valence-electron chi connectivity index (χ3n) is 5.85. The molecule has 1 fully saturated rings. The zero-order valence-corrected chi connectivity index (χ0v) is 21.4. The van der Waals surface area contributed by atoms with E-state index in [0.717, 1.165) is 19.6 Å². The lowest BCUT2D eigenvalue weighted by Gasteiger charge is -2.17. The van der Waals surface area contributed by atoms with E-state index in [0.29, 0.717) is 0 Å². The van der Waals surface area contributed by atoms with Crippen molar-refractivity contribution in [3.05, 3.63) is 69.9 Å². The maximum Gasteiger partial charge on any atom is 0.0703 e. The molecular weight excluding hydrogens is 388 g/mol. The van der Waals surface area contributed by atoms with Crippen molar-refractivity contribution in [1.29, 1.82) is 0 Å². The van der Waals surface area contributed by atoms with E-state index in [-0.39, 0.29) is 7.43 Å². The van der Waals surface area contributed by atoms with Crippen LogP contribution in [-0.4, -0.2) is 13.2 Å². The minimum Gasteiger partial charge on any atom is -0.373 e. The van der Waals surface area contributed by atoms with Crippen molar-refractivity contribution in [3.8, 4) is 0 Å². The van der Waals surface area contributed by atoms with E-state index in [1.165, 1.54) is 91.2 Å². The van der Waals surface area contributed by atoms with Crippen LogP contribution in [-0.2, 0) is 4.74 Å². The van der Waals surface area contributed by atoms with Crippen LogP contribution in [0, 0.1) is 0 Å². The van der Waals surface area contributed by atoms with Crippen LogP contribution in [0.3, 0.4) is 0 Å². The highest BCUT2D eigenvalue weighted by atomic mass is 16.5. The molecule has 1 saturated heterocycles. The largest absolute Gasteiger partial charge is 0.373 e. The molecule has 1 nitrogen and oxygen atoms in total. The minimum atomic E-state index is 0. The van der Waals surface area contributed by atoms with Crippen LogP contribution in [0.5, 0.6) is 0 Å². The molecule has 0 N–H and O–H groups in total. The molecule has 0 atom stereocenters. The van der Waals surface area contributed by atoms with Gasteiger partial charge in [-0.25, -0.2) is 0 Å². The Hall–Kier alpha value is -1.60. The molecule has 0 unspecified atom stereocenters. The predicted octanol–water partition coefficient (Wildman–Crippen LogP) is 10.2. The lowest BCUT2D eigenvalue weighted by Crippen LogP contribution is -2.15. The molecule has 0 spiro atoms. The first-order valence-corrected chi connectivity index (χ1v) is 12.4. The standard InChI is InChI=1S/C30H48O.CH4/c1-25(2)13-9-16-28(5)19-10-17-26(3)14-7-8-15-27(4)18-11-20-29(6)21-12-22-30-23-31-24-30;/h13-15,19-20,22H,7-12,16-18,21,23-24H2,1-6H3;1H4/b26-14+,27-15+,28-19+,29-20+;. The van der Waals surface area contributed by atoms with Gasteiger partial charge in [0.05, 0.1) is 13.2 Å². The minimum absolute atomic E-state index is 0. The highest BCUT2D eigenvalue weighted by Crippen LogP contribution is 2.15. The monoisotopic (exact) mass is 440 g/mol. The Labute approximate surface area is 201 Å². The Morgan fingerprint density at radius 3 is 1.31 bits per heavy atom. The highest BCUT2D eigenvalue weighted by Gasteiger charge is 2.06. The summed E-state index contributed by atoms with van der Waals surface area (Å²) in [6, 6.07) is 0. The molecule has 1 rings (SSSR count). The van der Waals surface area contributed by atoms with Crippen LogP contribution in [0.4, 0.5) is 0 Å². The van der Waals surface area contributed by atoms with Gasteiger partial charge in [-0.15, -0.1) is 0 Å². The molecule has 32 heavy (non-hydrogen) atoms. The van der Waals surface area contributed by atoms with Crippen LogP contribution in [0.25, 0.3) is 0 Å². The first-order valence-electron chi connectivity index (χ1n) is 12.4. The zero-order valence-electron chi connectivity index (χ0n) is 21.4. The third-order valence-corrected chi connectivity index (χ3v) is 5.85. The molecular formula is C31H52O. The van der Waals surface area contributed by atoms with Gasteiger partial charge in [0.2, 0.25) is 0 Å². The second-order valence-electron chi connectivity index (χ2n) is 9.57. The van der Waals surface area contributed by atoms with Crippen LogP contribution in [0.1, 0.15) is 113 Å². The Bertz CT molecular complexity index is 684. The SMILES string of the molecule is C.CC(C)=CCC/C(C)=C/CC/C(C)=C/CC/C=C(\C)CC/C=C(\C)CCC=C1COC1. The molecule has 182 valence electrons. The van der Waals surface area contributed by atoms with Crippen molar-refractivity contribution in [1.82, 2.24) is 0 Å². The molecule has 0 radical (unpaired) electrons. The van der Waals surface area contributed by atoms with Crippen LogP contribution in [0.2, 0.25) is 0 Å². The zero-order chi connectivity index (χ0) is 22.9. The number of hydrogen-bond donors (Lipinski definition) is 0. The van der Waals surface area contributed by atoms with Gasteiger partial charge in [0.1, 0.15) is 0 Å². The number of rotatable bonds is 15. The van der Waals surface area contributed by atoms with Crippen LogP contribution < -0.4 is 0 Å². The average molecular weight is 441 g/mol. The van der Waals surface area contributed by atoms with Gasteiger partial charge in [0, 0.05) is 0 Å². The first kappa shape index (κ1) is 30.4.